The van der Waals surface area contributed by atoms with Gasteiger partial charge >= 0.3 is 5.97 Å². The lowest BCUT2D eigenvalue weighted by Gasteiger charge is -2.17. The molecule has 134 valence electrons. The van der Waals surface area contributed by atoms with E-state index in [0.717, 1.165) is 11.1 Å². The Kier molecular flexibility index (Phi) is 5.03. The number of nitrogens with zero attached hydrogens (tertiary/aromatic N) is 2. The summed E-state index contributed by atoms with van der Waals surface area (Å²) >= 11 is 0. The number of amides is 2. The monoisotopic (exact) mass is 345 g/mol. The molecule has 25 heavy (non-hydrogen) atoms. The lowest BCUT2D eigenvalue weighted by atomic mass is 10.1. The van der Waals surface area contributed by atoms with Crippen molar-refractivity contribution in [3.63, 3.8) is 0 Å². The maximum atomic E-state index is 12.3. The molecule has 0 radical (unpaired) electrons. The van der Waals surface area contributed by atoms with Gasteiger partial charge in [0.1, 0.15) is 6.04 Å². The van der Waals surface area contributed by atoms with Crippen molar-refractivity contribution in [1.29, 1.82) is 0 Å². The van der Waals surface area contributed by atoms with Crippen molar-refractivity contribution in [3.05, 3.63) is 35.4 Å². The van der Waals surface area contributed by atoms with Gasteiger partial charge in [-0.3, -0.25) is 19.3 Å². The molecule has 7 heteroatoms. The van der Waals surface area contributed by atoms with Crippen LogP contribution < -0.4 is 5.32 Å². The summed E-state index contributed by atoms with van der Waals surface area (Å²) in [5.41, 5.74) is 1.73. The Morgan fingerprint density at radius 3 is 2.80 bits per heavy atom. The predicted octanol–water partition coefficient (Wildman–Crippen LogP) is 0.394. The second-order valence-electron chi connectivity index (χ2n) is 6.61. The molecule has 0 aliphatic carbocycles. The van der Waals surface area contributed by atoms with Crippen LogP contribution in [-0.4, -0.2) is 66.9 Å². The molecular formula is C18H23N3O4. The highest BCUT2D eigenvalue weighted by atomic mass is 16.5. The number of carbonyl (C=O) groups is 3. The highest BCUT2D eigenvalue weighted by Crippen LogP contribution is 2.22. The highest BCUT2D eigenvalue weighted by molar-refractivity contribution is 5.98. The fourth-order valence-electron chi connectivity index (χ4n) is 3.55. The summed E-state index contributed by atoms with van der Waals surface area (Å²) in [6.45, 7) is 1.56. The summed E-state index contributed by atoms with van der Waals surface area (Å²) in [6.07, 6.45) is 0.797. The molecule has 1 saturated heterocycles. The molecule has 1 N–H and O–H groups in total. The van der Waals surface area contributed by atoms with Crippen molar-refractivity contribution in [2.24, 2.45) is 0 Å². The van der Waals surface area contributed by atoms with E-state index in [9.17, 15) is 14.4 Å². The average Bonchev–Trinajstić information content (AvgIpc) is 3.12. The smallest absolute Gasteiger partial charge is 0.323 e. The largest absolute Gasteiger partial charge is 0.468 e. The predicted molar refractivity (Wildman–Crippen MR) is 90.8 cm³/mol. The molecule has 2 amide bonds. The number of likely N-dealkylation sites (N-methyl/N-ethyl adjacent to an activating group) is 1. The van der Waals surface area contributed by atoms with Crippen LogP contribution in [0.25, 0.3) is 0 Å². The number of methoxy groups -OCH3 is 1. The second kappa shape index (κ2) is 7.23. The summed E-state index contributed by atoms with van der Waals surface area (Å²) in [7, 11) is 3.21. The van der Waals surface area contributed by atoms with E-state index in [-0.39, 0.29) is 36.3 Å². The van der Waals surface area contributed by atoms with Crippen molar-refractivity contribution < 1.29 is 19.1 Å². The number of rotatable bonds is 5. The van der Waals surface area contributed by atoms with Crippen LogP contribution in [0.1, 0.15) is 28.8 Å². The van der Waals surface area contributed by atoms with Crippen molar-refractivity contribution in [3.8, 4) is 0 Å². The summed E-state index contributed by atoms with van der Waals surface area (Å²) in [4.78, 5) is 39.8. The van der Waals surface area contributed by atoms with E-state index in [2.05, 4.69) is 5.32 Å². The van der Waals surface area contributed by atoms with Crippen molar-refractivity contribution in [2.75, 3.05) is 27.2 Å². The first kappa shape index (κ1) is 17.4. The van der Waals surface area contributed by atoms with Gasteiger partial charge in [-0.1, -0.05) is 18.2 Å². The van der Waals surface area contributed by atoms with Gasteiger partial charge in [0.2, 0.25) is 5.91 Å². The van der Waals surface area contributed by atoms with Crippen molar-refractivity contribution in [1.82, 2.24) is 15.1 Å². The Morgan fingerprint density at radius 2 is 2.08 bits per heavy atom. The molecule has 2 heterocycles. The molecule has 1 fully saturated rings. The van der Waals surface area contributed by atoms with Gasteiger partial charge < -0.3 is 15.0 Å². The summed E-state index contributed by atoms with van der Waals surface area (Å²) < 4.78 is 4.78. The molecule has 0 saturated carbocycles. The van der Waals surface area contributed by atoms with Crippen LogP contribution in [0.15, 0.2) is 24.3 Å². The minimum absolute atomic E-state index is 0.0187. The third-order valence-electron chi connectivity index (χ3n) is 4.89. The van der Waals surface area contributed by atoms with Crippen LogP contribution in [0.3, 0.4) is 0 Å². The Balaban J connectivity index is 1.47. The van der Waals surface area contributed by atoms with Gasteiger partial charge in [0.25, 0.3) is 5.91 Å². The standard InChI is InChI=1S/C18H23N3O4/c1-20-11-13(9-15(20)18(24)25-2)19-16(22)7-8-21-10-12-5-3-4-6-14(12)17(21)23/h3-6,13,15H,7-11H2,1-2H3,(H,19,22)/t13-,15-/m0/s1. The van der Waals surface area contributed by atoms with Gasteiger partial charge in [-0.2, -0.15) is 0 Å². The molecule has 2 aliphatic heterocycles. The van der Waals surface area contributed by atoms with E-state index in [1.54, 1.807) is 4.90 Å². The molecule has 1 aromatic rings. The third-order valence-corrected chi connectivity index (χ3v) is 4.89. The van der Waals surface area contributed by atoms with Crippen LogP contribution in [0, 0.1) is 0 Å². The van der Waals surface area contributed by atoms with E-state index >= 15 is 0 Å². The van der Waals surface area contributed by atoms with Crippen LogP contribution in [-0.2, 0) is 20.9 Å². The van der Waals surface area contributed by atoms with E-state index in [1.165, 1.54) is 7.11 Å². The number of likely N-dealkylation sites (tertiary alicyclic amines) is 1. The number of carbonyl (C=O) groups excluding carboxylic acids is 3. The van der Waals surface area contributed by atoms with Crippen molar-refractivity contribution in [2.45, 2.75) is 31.5 Å². The first-order valence-electron chi connectivity index (χ1n) is 8.44. The van der Waals surface area contributed by atoms with Gasteiger partial charge in [-0.05, 0) is 25.1 Å². The molecule has 7 nitrogen and oxygen atoms in total. The molecule has 0 bridgehead atoms. The second-order valence-corrected chi connectivity index (χ2v) is 6.61. The Bertz CT molecular complexity index is 691. The number of fused-ring (bicyclic) bond motifs is 1. The fourth-order valence-corrected chi connectivity index (χ4v) is 3.55. The van der Waals surface area contributed by atoms with Crippen LogP contribution >= 0.6 is 0 Å². The first-order chi connectivity index (χ1) is 12.0. The molecule has 0 unspecified atom stereocenters. The van der Waals surface area contributed by atoms with Gasteiger partial charge in [0.05, 0.1) is 7.11 Å². The topological polar surface area (TPSA) is 79.0 Å². The molecule has 2 atom stereocenters. The van der Waals surface area contributed by atoms with E-state index < -0.39 is 0 Å². The van der Waals surface area contributed by atoms with E-state index in [4.69, 9.17) is 4.74 Å². The van der Waals surface area contributed by atoms with E-state index in [0.29, 0.717) is 26.1 Å². The zero-order valence-corrected chi connectivity index (χ0v) is 14.5. The first-order valence-corrected chi connectivity index (χ1v) is 8.44. The molecule has 0 aromatic heterocycles. The van der Waals surface area contributed by atoms with Gasteiger partial charge in [0.15, 0.2) is 0 Å². The van der Waals surface area contributed by atoms with E-state index in [1.807, 2.05) is 36.2 Å². The molecule has 3 rings (SSSR count). The van der Waals surface area contributed by atoms with Crippen LogP contribution in [0.2, 0.25) is 0 Å². The Hall–Kier alpha value is -2.41. The lowest BCUT2D eigenvalue weighted by Crippen LogP contribution is -2.38. The quantitative estimate of drug-likeness (QED) is 0.781. The summed E-state index contributed by atoms with van der Waals surface area (Å²) in [5, 5.41) is 2.95. The minimum atomic E-state index is -0.315. The van der Waals surface area contributed by atoms with Crippen LogP contribution in [0.4, 0.5) is 0 Å². The zero-order valence-electron chi connectivity index (χ0n) is 14.5. The Labute approximate surface area is 146 Å². The van der Waals surface area contributed by atoms with Crippen LogP contribution in [0.5, 0.6) is 0 Å². The van der Waals surface area contributed by atoms with Gasteiger partial charge in [-0.25, -0.2) is 0 Å². The van der Waals surface area contributed by atoms with Gasteiger partial charge in [0, 0.05) is 37.7 Å². The lowest BCUT2D eigenvalue weighted by molar-refractivity contribution is -0.145. The summed E-state index contributed by atoms with van der Waals surface area (Å²) in [6, 6.07) is 7.13. The highest BCUT2D eigenvalue weighted by Gasteiger charge is 2.36. The molecule has 2 aliphatic rings. The minimum Gasteiger partial charge on any atom is -0.468 e. The fraction of sp³-hybridized carbons (Fsp3) is 0.500. The molecule has 1 aromatic carbocycles. The number of hydrogen-bond donors (Lipinski definition) is 1. The third kappa shape index (κ3) is 3.66. The number of hydrogen-bond acceptors (Lipinski definition) is 5. The normalized spacial score (nSPS) is 22.8. The molecular weight excluding hydrogens is 322 g/mol. The summed E-state index contributed by atoms with van der Waals surface area (Å²) in [5.74, 6) is -0.401. The number of nitrogens with one attached hydrogen (secondary N) is 1. The number of benzene rings is 1. The SMILES string of the molecule is COC(=O)[C@@H]1C[C@H](NC(=O)CCN2Cc3ccccc3C2=O)CN1C. The maximum absolute atomic E-state index is 12.3. The number of esters is 1. The average molecular weight is 345 g/mol. The zero-order chi connectivity index (χ0) is 18.0. The van der Waals surface area contributed by atoms with Gasteiger partial charge in [-0.15, -0.1) is 0 Å². The maximum Gasteiger partial charge on any atom is 0.323 e. The Morgan fingerprint density at radius 1 is 1.32 bits per heavy atom. The number of ether oxygens (including phenoxy) is 1. The van der Waals surface area contributed by atoms with Crippen molar-refractivity contribution >= 4 is 17.8 Å². The molecule has 0 spiro atoms.